The molecule has 0 saturated carbocycles. The molecule has 30 heavy (non-hydrogen) atoms. The van der Waals surface area contributed by atoms with Crippen molar-refractivity contribution in [3.63, 3.8) is 0 Å². The fourth-order valence-corrected chi connectivity index (χ4v) is 4.89. The van der Waals surface area contributed by atoms with Crippen LogP contribution in [-0.2, 0) is 4.79 Å². The minimum atomic E-state index is -0.0436. The fourth-order valence-electron chi connectivity index (χ4n) is 2.81. The second-order valence-electron chi connectivity index (χ2n) is 6.49. The summed E-state index contributed by atoms with van der Waals surface area (Å²) in [7, 11) is 0. The van der Waals surface area contributed by atoms with Crippen molar-refractivity contribution in [1.29, 1.82) is 0 Å². The van der Waals surface area contributed by atoms with Gasteiger partial charge in [-0.25, -0.2) is 0 Å². The predicted molar refractivity (Wildman–Crippen MR) is 133 cm³/mol. The molecular formula is C25H16Cl2OS2. The first-order chi connectivity index (χ1) is 14.6. The monoisotopic (exact) mass is 466 g/mol. The summed E-state index contributed by atoms with van der Waals surface area (Å²) < 4.78 is 0. The third-order valence-corrected chi connectivity index (χ3v) is 7.04. The summed E-state index contributed by atoms with van der Waals surface area (Å²) in [6.07, 6.45) is 6.90. The molecule has 0 saturated heterocycles. The molecule has 0 aliphatic rings. The largest absolute Gasteiger partial charge is 0.290 e. The molecule has 1 nitrogen and oxygen atoms in total. The Bertz CT molecular complexity index is 1120. The van der Waals surface area contributed by atoms with Gasteiger partial charge in [-0.05, 0) is 84.0 Å². The molecule has 4 aromatic rings. The normalized spacial score (nSPS) is 11.5. The first-order valence-electron chi connectivity index (χ1n) is 9.18. The van der Waals surface area contributed by atoms with E-state index >= 15 is 0 Å². The van der Waals surface area contributed by atoms with Crippen molar-refractivity contribution in [2.75, 3.05) is 0 Å². The van der Waals surface area contributed by atoms with E-state index in [0.29, 0.717) is 0 Å². The first-order valence-corrected chi connectivity index (χ1v) is 11.6. The van der Waals surface area contributed by atoms with Gasteiger partial charge in [-0.1, -0.05) is 47.5 Å². The summed E-state index contributed by atoms with van der Waals surface area (Å²) in [6.45, 7) is 0. The number of rotatable bonds is 6. The van der Waals surface area contributed by atoms with Crippen LogP contribution in [0.15, 0.2) is 84.9 Å². The van der Waals surface area contributed by atoms with Crippen molar-refractivity contribution in [1.82, 2.24) is 0 Å². The Kier molecular flexibility index (Phi) is 6.66. The summed E-state index contributed by atoms with van der Waals surface area (Å²) in [6, 6.07) is 23.6. The Hall–Kier alpha value is -2.43. The SMILES string of the molecule is O=C(C=Cc1ccc(-c2ccc(Cl)cc2)s1)C=Cc1ccc(-c2ccc(Cl)cc2)s1. The maximum atomic E-state index is 12.2. The molecule has 148 valence electrons. The van der Waals surface area contributed by atoms with Crippen LogP contribution in [0.3, 0.4) is 0 Å². The highest BCUT2D eigenvalue weighted by Crippen LogP contribution is 2.31. The maximum absolute atomic E-state index is 12.2. The van der Waals surface area contributed by atoms with Crippen LogP contribution >= 0.6 is 45.9 Å². The minimum Gasteiger partial charge on any atom is -0.290 e. The van der Waals surface area contributed by atoms with E-state index in [0.717, 1.165) is 40.7 Å². The summed E-state index contributed by atoms with van der Waals surface area (Å²) in [4.78, 5) is 16.6. The van der Waals surface area contributed by atoms with Crippen molar-refractivity contribution in [2.45, 2.75) is 0 Å². The third-order valence-electron chi connectivity index (χ3n) is 4.33. The van der Waals surface area contributed by atoms with Crippen LogP contribution in [0.5, 0.6) is 0 Å². The topological polar surface area (TPSA) is 17.1 Å². The second kappa shape index (κ2) is 9.59. The molecule has 0 aliphatic heterocycles. The lowest BCUT2D eigenvalue weighted by Gasteiger charge is -1.96. The number of benzene rings is 2. The standard InChI is InChI=1S/C25H16Cl2OS2/c26-19-5-1-17(2-6-19)24-15-13-22(29-24)11-9-21(28)10-12-23-14-16-25(30-23)18-3-7-20(27)8-4-18/h1-16H. The molecule has 4 rings (SSSR count). The maximum Gasteiger partial charge on any atom is 0.178 e. The third kappa shape index (κ3) is 5.38. The molecule has 0 atom stereocenters. The molecular weight excluding hydrogens is 451 g/mol. The van der Waals surface area contributed by atoms with E-state index in [2.05, 4.69) is 12.1 Å². The van der Waals surface area contributed by atoms with Gasteiger partial charge >= 0.3 is 0 Å². The highest BCUT2D eigenvalue weighted by Gasteiger charge is 2.03. The van der Waals surface area contributed by atoms with Gasteiger partial charge in [0, 0.05) is 29.6 Å². The van der Waals surface area contributed by atoms with Crippen LogP contribution < -0.4 is 0 Å². The van der Waals surface area contributed by atoms with E-state index < -0.39 is 0 Å². The molecule has 0 N–H and O–H groups in total. The molecule has 2 heterocycles. The molecule has 0 radical (unpaired) electrons. The molecule has 2 aromatic carbocycles. The number of hydrogen-bond acceptors (Lipinski definition) is 3. The number of ketones is 1. The highest BCUT2D eigenvalue weighted by atomic mass is 35.5. The van der Waals surface area contributed by atoms with E-state index in [1.54, 1.807) is 34.8 Å². The van der Waals surface area contributed by atoms with Gasteiger partial charge < -0.3 is 0 Å². The van der Waals surface area contributed by atoms with E-state index in [9.17, 15) is 4.79 Å². The summed E-state index contributed by atoms with van der Waals surface area (Å²) in [5.41, 5.74) is 2.23. The van der Waals surface area contributed by atoms with Crippen LogP contribution in [0.1, 0.15) is 9.75 Å². The van der Waals surface area contributed by atoms with Crippen molar-refractivity contribution >= 4 is 63.8 Å². The molecule has 5 heteroatoms. The van der Waals surface area contributed by atoms with Gasteiger partial charge in [-0.3, -0.25) is 4.79 Å². The Morgan fingerprint density at radius 3 is 1.40 bits per heavy atom. The van der Waals surface area contributed by atoms with Crippen LogP contribution in [0.2, 0.25) is 10.0 Å². The van der Waals surface area contributed by atoms with Crippen LogP contribution in [0.4, 0.5) is 0 Å². The lowest BCUT2D eigenvalue weighted by molar-refractivity contribution is -0.110. The van der Waals surface area contributed by atoms with Crippen LogP contribution in [0, 0.1) is 0 Å². The van der Waals surface area contributed by atoms with Gasteiger partial charge in [-0.15, -0.1) is 22.7 Å². The van der Waals surface area contributed by atoms with Crippen molar-refractivity contribution in [2.24, 2.45) is 0 Å². The van der Waals surface area contributed by atoms with Gasteiger partial charge in [-0.2, -0.15) is 0 Å². The summed E-state index contributed by atoms with van der Waals surface area (Å²) in [5.74, 6) is -0.0436. The second-order valence-corrected chi connectivity index (χ2v) is 9.59. The van der Waals surface area contributed by atoms with E-state index in [1.165, 1.54) is 0 Å². The predicted octanol–water partition coefficient (Wildman–Crippen LogP) is 8.75. The molecule has 0 amide bonds. The molecule has 0 unspecified atom stereocenters. The number of carbonyl (C=O) groups is 1. The van der Waals surface area contributed by atoms with Crippen molar-refractivity contribution in [3.8, 4) is 20.9 Å². The summed E-state index contributed by atoms with van der Waals surface area (Å²) >= 11 is 15.2. The zero-order valence-electron chi connectivity index (χ0n) is 15.7. The Labute approximate surface area is 193 Å². The first kappa shape index (κ1) is 20.8. The smallest absolute Gasteiger partial charge is 0.178 e. The van der Waals surface area contributed by atoms with Gasteiger partial charge in [0.15, 0.2) is 5.78 Å². The molecule has 0 aliphatic carbocycles. The molecule has 2 aromatic heterocycles. The lowest BCUT2D eigenvalue weighted by atomic mass is 10.2. The number of allylic oxidation sites excluding steroid dienone is 2. The van der Waals surface area contributed by atoms with E-state index in [4.69, 9.17) is 23.2 Å². The average Bonchev–Trinajstić information content (AvgIpc) is 3.42. The quantitative estimate of drug-likeness (QED) is 0.259. The summed E-state index contributed by atoms with van der Waals surface area (Å²) in [5, 5.41) is 1.44. The van der Waals surface area contributed by atoms with Crippen LogP contribution in [0.25, 0.3) is 33.0 Å². The average molecular weight is 467 g/mol. The zero-order chi connectivity index (χ0) is 20.9. The Morgan fingerprint density at radius 2 is 1.00 bits per heavy atom. The highest BCUT2D eigenvalue weighted by molar-refractivity contribution is 7.16. The van der Waals surface area contributed by atoms with E-state index in [-0.39, 0.29) is 5.78 Å². The number of carbonyl (C=O) groups excluding carboxylic acids is 1. The number of hydrogen-bond donors (Lipinski definition) is 0. The molecule has 0 spiro atoms. The molecule has 0 bridgehead atoms. The van der Waals surface area contributed by atoms with E-state index in [1.807, 2.05) is 72.8 Å². The minimum absolute atomic E-state index is 0.0436. The van der Waals surface area contributed by atoms with Crippen molar-refractivity contribution in [3.05, 3.63) is 105 Å². The fraction of sp³-hybridized carbons (Fsp3) is 0. The van der Waals surface area contributed by atoms with Gasteiger partial charge in [0.2, 0.25) is 0 Å². The Morgan fingerprint density at radius 1 is 0.600 bits per heavy atom. The molecule has 0 fully saturated rings. The van der Waals surface area contributed by atoms with Crippen LogP contribution in [-0.4, -0.2) is 5.78 Å². The lowest BCUT2D eigenvalue weighted by Crippen LogP contribution is -1.83. The number of thiophene rings is 2. The number of halogens is 2. The zero-order valence-corrected chi connectivity index (χ0v) is 18.9. The van der Waals surface area contributed by atoms with Gasteiger partial charge in [0.25, 0.3) is 0 Å². The van der Waals surface area contributed by atoms with Crippen molar-refractivity contribution < 1.29 is 4.79 Å². The Balaban J connectivity index is 1.39. The van der Waals surface area contributed by atoms with Gasteiger partial charge in [0.05, 0.1) is 0 Å². The van der Waals surface area contributed by atoms with Gasteiger partial charge in [0.1, 0.15) is 0 Å².